The number of rotatable bonds is 7. The van der Waals surface area contributed by atoms with Crippen LogP contribution in [0.2, 0.25) is 0 Å². The van der Waals surface area contributed by atoms with E-state index in [0.29, 0.717) is 22.8 Å². The van der Waals surface area contributed by atoms with Crippen LogP contribution in [0.25, 0.3) is 0 Å². The fourth-order valence-electron chi connectivity index (χ4n) is 3.23. The van der Waals surface area contributed by atoms with Crippen molar-refractivity contribution in [2.24, 2.45) is 0 Å². The van der Waals surface area contributed by atoms with E-state index in [4.69, 9.17) is 5.26 Å². The molecule has 4 rings (SSSR count). The molecular formula is C23H16BrF2N5OS. The first kappa shape index (κ1) is 22.8. The number of halogens is 3. The molecule has 0 aliphatic rings. The second-order valence-electron chi connectivity index (χ2n) is 7.18. The summed E-state index contributed by atoms with van der Waals surface area (Å²) in [7, 11) is 0. The van der Waals surface area contributed by atoms with Crippen molar-refractivity contribution < 1.29 is 13.6 Å². The number of nitrogens with zero attached hydrogens (tertiary/aromatic N) is 5. The molecule has 2 heterocycles. The Bertz CT molecular complexity index is 1330. The van der Waals surface area contributed by atoms with Crippen LogP contribution in [0.1, 0.15) is 32.2 Å². The Hall–Kier alpha value is -3.42. The maximum atomic E-state index is 14.3. The molecule has 0 aliphatic heterocycles. The molecule has 0 fully saturated rings. The Kier molecular flexibility index (Phi) is 6.91. The third kappa shape index (κ3) is 5.50. The number of thiophene rings is 1. The van der Waals surface area contributed by atoms with Gasteiger partial charge in [0.25, 0.3) is 5.91 Å². The summed E-state index contributed by atoms with van der Waals surface area (Å²) in [4.78, 5) is 15.2. The van der Waals surface area contributed by atoms with E-state index >= 15 is 0 Å². The number of amides is 1. The zero-order valence-electron chi connectivity index (χ0n) is 17.1. The third-order valence-corrected chi connectivity index (χ3v) is 6.52. The minimum Gasteiger partial charge on any atom is -0.326 e. The van der Waals surface area contributed by atoms with Crippen LogP contribution < -0.4 is 0 Å². The Balaban J connectivity index is 1.60. The van der Waals surface area contributed by atoms with Crippen LogP contribution in [0.4, 0.5) is 8.78 Å². The molecule has 0 aliphatic carbocycles. The highest BCUT2D eigenvalue weighted by atomic mass is 79.9. The SMILES string of the molecule is N#Cc1ccc(Cn2cnnc2CN(Cc2ccc(F)cc2F)C(=O)c2ccc(Br)s2)cc1. The fraction of sp³-hybridized carbons (Fsp3) is 0.130. The largest absolute Gasteiger partial charge is 0.326 e. The standard InChI is InChI=1S/C23H16BrF2N5OS/c24-21-8-7-20(33-21)23(32)30(12-17-5-6-18(25)9-19(17)26)13-22-29-28-14-31(22)11-16-3-1-15(10-27)2-4-16/h1-9,14H,11-13H2. The second kappa shape index (κ2) is 10.0. The summed E-state index contributed by atoms with van der Waals surface area (Å²) >= 11 is 4.62. The molecule has 0 radical (unpaired) electrons. The van der Waals surface area contributed by atoms with Gasteiger partial charge in [-0.3, -0.25) is 4.79 Å². The average molecular weight is 528 g/mol. The van der Waals surface area contributed by atoms with Crippen molar-refractivity contribution in [2.75, 3.05) is 0 Å². The first-order valence-corrected chi connectivity index (χ1v) is 11.4. The van der Waals surface area contributed by atoms with Crippen LogP contribution in [0.15, 0.2) is 64.7 Å². The summed E-state index contributed by atoms with van der Waals surface area (Å²) in [5, 5.41) is 17.1. The molecule has 2 aromatic carbocycles. The van der Waals surface area contributed by atoms with Gasteiger partial charge in [-0.05, 0) is 51.8 Å². The zero-order chi connectivity index (χ0) is 23.4. The van der Waals surface area contributed by atoms with Crippen LogP contribution >= 0.6 is 27.3 Å². The van der Waals surface area contributed by atoms with E-state index in [1.807, 2.05) is 12.1 Å². The van der Waals surface area contributed by atoms with Crippen LogP contribution in [0, 0.1) is 23.0 Å². The number of hydrogen-bond donors (Lipinski definition) is 0. The number of hydrogen-bond acceptors (Lipinski definition) is 5. The Morgan fingerprint density at radius 2 is 1.91 bits per heavy atom. The highest BCUT2D eigenvalue weighted by Gasteiger charge is 2.22. The fourth-order valence-corrected chi connectivity index (χ4v) is 4.58. The third-order valence-electron chi connectivity index (χ3n) is 4.91. The lowest BCUT2D eigenvalue weighted by Gasteiger charge is -2.22. The van der Waals surface area contributed by atoms with Gasteiger partial charge in [0.1, 0.15) is 18.0 Å². The number of nitriles is 1. The number of carbonyl (C=O) groups is 1. The van der Waals surface area contributed by atoms with Crippen molar-refractivity contribution in [2.45, 2.75) is 19.6 Å². The molecule has 166 valence electrons. The van der Waals surface area contributed by atoms with Crippen molar-refractivity contribution in [1.82, 2.24) is 19.7 Å². The molecule has 0 bridgehead atoms. The molecule has 0 atom stereocenters. The van der Waals surface area contributed by atoms with Crippen molar-refractivity contribution >= 4 is 33.2 Å². The summed E-state index contributed by atoms with van der Waals surface area (Å²) < 4.78 is 30.3. The zero-order valence-corrected chi connectivity index (χ0v) is 19.5. The molecule has 0 N–H and O–H groups in total. The lowest BCUT2D eigenvalue weighted by atomic mass is 10.1. The van der Waals surface area contributed by atoms with Crippen LogP contribution in [-0.4, -0.2) is 25.6 Å². The minimum absolute atomic E-state index is 0.0653. The summed E-state index contributed by atoms with van der Waals surface area (Å²) in [5.41, 5.74) is 1.68. The number of aromatic nitrogens is 3. The van der Waals surface area contributed by atoms with Crippen LogP contribution in [0.5, 0.6) is 0 Å². The highest BCUT2D eigenvalue weighted by molar-refractivity contribution is 9.11. The lowest BCUT2D eigenvalue weighted by molar-refractivity contribution is 0.0727. The summed E-state index contributed by atoms with van der Waals surface area (Å²) in [5.74, 6) is -1.20. The summed E-state index contributed by atoms with van der Waals surface area (Å²) in [6.07, 6.45) is 1.55. The first-order chi connectivity index (χ1) is 15.9. The number of benzene rings is 2. The van der Waals surface area contributed by atoms with Crippen molar-refractivity contribution in [1.29, 1.82) is 5.26 Å². The van der Waals surface area contributed by atoms with Gasteiger partial charge in [-0.1, -0.05) is 18.2 Å². The van der Waals surface area contributed by atoms with Gasteiger partial charge in [-0.15, -0.1) is 21.5 Å². The molecule has 6 nitrogen and oxygen atoms in total. The van der Waals surface area contributed by atoms with E-state index in [1.165, 1.54) is 22.3 Å². The van der Waals surface area contributed by atoms with Crippen molar-refractivity contribution in [3.05, 3.63) is 104 Å². The normalized spacial score (nSPS) is 10.7. The summed E-state index contributed by atoms with van der Waals surface area (Å²) in [6, 6.07) is 15.9. The molecule has 4 aromatic rings. The maximum absolute atomic E-state index is 14.3. The Labute approximate surface area is 200 Å². The van der Waals surface area contributed by atoms with Gasteiger partial charge < -0.3 is 9.47 Å². The van der Waals surface area contributed by atoms with Crippen LogP contribution in [0.3, 0.4) is 0 Å². The van der Waals surface area contributed by atoms with Gasteiger partial charge in [0.2, 0.25) is 0 Å². The van der Waals surface area contributed by atoms with Gasteiger partial charge >= 0.3 is 0 Å². The second-order valence-corrected chi connectivity index (χ2v) is 9.65. The molecule has 33 heavy (non-hydrogen) atoms. The minimum atomic E-state index is -0.723. The molecule has 0 saturated carbocycles. The molecule has 1 amide bonds. The maximum Gasteiger partial charge on any atom is 0.264 e. The van der Waals surface area contributed by atoms with E-state index in [1.54, 1.807) is 35.2 Å². The highest BCUT2D eigenvalue weighted by Crippen LogP contribution is 2.25. The smallest absolute Gasteiger partial charge is 0.264 e. The van der Waals surface area contributed by atoms with Gasteiger partial charge in [-0.2, -0.15) is 5.26 Å². The molecule has 0 spiro atoms. The van der Waals surface area contributed by atoms with E-state index in [0.717, 1.165) is 21.5 Å². The molecule has 0 unspecified atom stereocenters. The molecule has 10 heteroatoms. The van der Waals surface area contributed by atoms with E-state index in [-0.39, 0.29) is 24.6 Å². The van der Waals surface area contributed by atoms with Gasteiger partial charge in [-0.25, -0.2) is 8.78 Å². The average Bonchev–Trinajstić information content (AvgIpc) is 3.43. The summed E-state index contributed by atoms with van der Waals surface area (Å²) in [6.45, 7) is 0.442. The Morgan fingerprint density at radius 3 is 2.58 bits per heavy atom. The van der Waals surface area contributed by atoms with Crippen molar-refractivity contribution in [3.8, 4) is 6.07 Å². The molecular weight excluding hydrogens is 512 g/mol. The lowest BCUT2D eigenvalue weighted by Crippen LogP contribution is -2.31. The van der Waals surface area contributed by atoms with Gasteiger partial charge in [0.05, 0.1) is 33.4 Å². The molecule has 2 aromatic heterocycles. The van der Waals surface area contributed by atoms with Gasteiger partial charge in [0.15, 0.2) is 5.82 Å². The first-order valence-electron chi connectivity index (χ1n) is 9.77. The quantitative estimate of drug-likeness (QED) is 0.333. The van der Waals surface area contributed by atoms with Crippen molar-refractivity contribution in [3.63, 3.8) is 0 Å². The van der Waals surface area contributed by atoms with E-state index < -0.39 is 11.6 Å². The van der Waals surface area contributed by atoms with E-state index in [2.05, 4.69) is 32.2 Å². The topological polar surface area (TPSA) is 74.8 Å². The van der Waals surface area contributed by atoms with E-state index in [9.17, 15) is 13.6 Å². The van der Waals surface area contributed by atoms with Gasteiger partial charge in [0, 0.05) is 18.2 Å². The monoisotopic (exact) mass is 527 g/mol. The van der Waals surface area contributed by atoms with Crippen LogP contribution in [-0.2, 0) is 19.6 Å². The predicted octanol–water partition coefficient (Wildman–Crippen LogP) is 5.14. The predicted molar refractivity (Wildman–Crippen MR) is 122 cm³/mol. The Morgan fingerprint density at radius 1 is 1.12 bits per heavy atom. The molecule has 0 saturated heterocycles. The number of carbonyl (C=O) groups excluding carboxylic acids is 1.